The Hall–Kier alpha value is -0.550. The number of fused-ring (bicyclic) bond motifs is 2. The quantitative estimate of drug-likeness (QED) is 0.827. The van der Waals surface area contributed by atoms with Crippen molar-refractivity contribution in [2.24, 2.45) is 0 Å². The van der Waals surface area contributed by atoms with Gasteiger partial charge in [-0.15, -0.1) is 11.8 Å². The fourth-order valence-electron chi connectivity index (χ4n) is 2.01. The van der Waals surface area contributed by atoms with Crippen molar-refractivity contribution in [3.05, 3.63) is 29.3 Å². The summed E-state index contributed by atoms with van der Waals surface area (Å²) in [6.07, 6.45) is -0.0664. The van der Waals surface area contributed by atoms with Gasteiger partial charge in [0.15, 0.2) is 5.78 Å². The van der Waals surface area contributed by atoms with Crippen molar-refractivity contribution in [3.8, 4) is 0 Å². The van der Waals surface area contributed by atoms with E-state index in [4.69, 9.17) is 21.1 Å². The Bertz CT molecular complexity index is 434. The molecule has 3 rings (SSSR count). The standard InChI is InChI=1S/C12H11ClO3S/c13-7-1-3-8(4-2-7)17-11-5-9(14)12-15-6-10(11)16-12/h1-4,10-12H,5-6H2/t10-,11-,12-/m1/s1. The molecule has 0 N–H and O–H groups in total. The van der Waals surface area contributed by atoms with E-state index in [1.54, 1.807) is 11.8 Å². The molecular formula is C12H11ClO3S. The third-order valence-corrected chi connectivity index (χ3v) is 4.46. The number of ether oxygens (including phenoxy) is 2. The van der Waals surface area contributed by atoms with Crippen LogP contribution in [0.4, 0.5) is 0 Å². The average molecular weight is 271 g/mol. The average Bonchev–Trinajstić information content (AvgIpc) is 2.75. The number of thioether (sulfide) groups is 1. The van der Waals surface area contributed by atoms with Crippen LogP contribution in [-0.4, -0.2) is 30.0 Å². The zero-order chi connectivity index (χ0) is 11.8. The van der Waals surface area contributed by atoms with Gasteiger partial charge in [0.2, 0.25) is 6.29 Å². The molecule has 2 bridgehead atoms. The molecule has 2 heterocycles. The highest BCUT2D eigenvalue weighted by Crippen LogP contribution is 2.36. The largest absolute Gasteiger partial charge is 0.343 e. The van der Waals surface area contributed by atoms with Gasteiger partial charge in [-0.3, -0.25) is 4.79 Å². The van der Waals surface area contributed by atoms with Crippen LogP contribution in [-0.2, 0) is 14.3 Å². The van der Waals surface area contributed by atoms with Crippen molar-refractivity contribution in [3.63, 3.8) is 0 Å². The van der Waals surface area contributed by atoms with E-state index in [1.807, 2.05) is 24.3 Å². The number of hydrogen-bond donors (Lipinski definition) is 0. The minimum atomic E-state index is -0.609. The molecular weight excluding hydrogens is 260 g/mol. The second-order valence-corrected chi connectivity index (χ2v) is 5.87. The van der Waals surface area contributed by atoms with E-state index in [0.717, 1.165) is 9.92 Å². The summed E-state index contributed by atoms with van der Waals surface area (Å²) in [5.74, 6) is 0.0465. The maximum atomic E-state index is 11.6. The van der Waals surface area contributed by atoms with Crippen LogP contribution in [0.25, 0.3) is 0 Å². The van der Waals surface area contributed by atoms with Gasteiger partial charge < -0.3 is 9.47 Å². The van der Waals surface area contributed by atoms with E-state index in [-0.39, 0.29) is 17.1 Å². The van der Waals surface area contributed by atoms with Crippen molar-refractivity contribution >= 4 is 29.1 Å². The first kappa shape index (κ1) is 11.5. The Morgan fingerprint density at radius 3 is 2.82 bits per heavy atom. The fraction of sp³-hybridized carbons (Fsp3) is 0.417. The molecule has 0 amide bonds. The Labute approximate surface area is 108 Å². The second-order valence-electron chi connectivity index (χ2n) is 4.12. The number of halogens is 1. The Morgan fingerprint density at radius 1 is 1.29 bits per heavy atom. The van der Waals surface area contributed by atoms with Crippen LogP contribution in [0.5, 0.6) is 0 Å². The van der Waals surface area contributed by atoms with Gasteiger partial charge in [-0.1, -0.05) is 11.6 Å². The summed E-state index contributed by atoms with van der Waals surface area (Å²) in [6, 6.07) is 7.62. The van der Waals surface area contributed by atoms with Crippen LogP contribution in [0.3, 0.4) is 0 Å². The van der Waals surface area contributed by atoms with Gasteiger partial charge in [0.1, 0.15) is 0 Å². The molecule has 0 saturated carbocycles. The molecule has 90 valence electrons. The molecule has 0 spiro atoms. The van der Waals surface area contributed by atoms with Gasteiger partial charge in [0.05, 0.1) is 12.7 Å². The molecule has 1 aromatic rings. The molecule has 2 aliphatic rings. The summed E-state index contributed by atoms with van der Waals surface area (Å²) in [6.45, 7) is 0.516. The van der Waals surface area contributed by atoms with Crippen LogP contribution in [0.15, 0.2) is 29.2 Å². The number of carbonyl (C=O) groups excluding carboxylic acids is 1. The third-order valence-electron chi connectivity index (χ3n) is 2.89. The maximum Gasteiger partial charge on any atom is 0.218 e. The van der Waals surface area contributed by atoms with Crippen molar-refractivity contribution in [2.75, 3.05) is 6.61 Å². The molecule has 0 radical (unpaired) electrons. The first-order valence-electron chi connectivity index (χ1n) is 5.44. The molecule has 2 fully saturated rings. The lowest BCUT2D eigenvalue weighted by molar-refractivity contribution is -0.151. The van der Waals surface area contributed by atoms with Gasteiger partial charge in [-0.05, 0) is 24.3 Å². The van der Waals surface area contributed by atoms with Crippen LogP contribution < -0.4 is 0 Å². The van der Waals surface area contributed by atoms with Gasteiger partial charge in [-0.2, -0.15) is 0 Å². The molecule has 0 aliphatic carbocycles. The lowest BCUT2D eigenvalue weighted by atomic mass is 10.1. The normalized spacial score (nSPS) is 31.8. The molecule has 17 heavy (non-hydrogen) atoms. The van der Waals surface area contributed by atoms with E-state index in [0.29, 0.717) is 13.0 Å². The fourth-order valence-corrected chi connectivity index (χ4v) is 3.33. The van der Waals surface area contributed by atoms with Gasteiger partial charge in [0.25, 0.3) is 0 Å². The Morgan fingerprint density at radius 2 is 2.06 bits per heavy atom. The molecule has 1 aromatic carbocycles. The summed E-state index contributed by atoms with van der Waals surface area (Å²) in [5.41, 5.74) is 0. The van der Waals surface area contributed by atoms with E-state index < -0.39 is 6.29 Å². The summed E-state index contributed by atoms with van der Waals surface area (Å²) >= 11 is 7.48. The van der Waals surface area contributed by atoms with E-state index in [2.05, 4.69) is 0 Å². The summed E-state index contributed by atoms with van der Waals surface area (Å²) in [7, 11) is 0. The smallest absolute Gasteiger partial charge is 0.218 e. The maximum absolute atomic E-state index is 11.6. The molecule has 3 nitrogen and oxygen atoms in total. The first-order chi connectivity index (χ1) is 8.22. The zero-order valence-electron chi connectivity index (χ0n) is 8.97. The minimum Gasteiger partial charge on any atom is -0.343 e. The molecule has 0 aromatic heterocycles. The topological polar surface area (TPSA) is 35.5 Å². The van der Waals surface area contributed by atoms with Crippen LogP contribution in [0.2, 0.25) is 5.02 Å². The predicted molar refractivity (Wildman–Crippen MR) is 65.3 cm³/mol. The number of carbonyl (C=O) groups is 1. The van der Waals surface area contributed by atoms with E-state index in [9.17, 15) is 4.79 Å². The minimum absolute atomic E-state index is 0.0263. The number of rotatable bonds is 2. The third kappa shape index (κ3) is 2.36. The number of ketones is 1. The van der Waals surface area contributed by atoms with E-state index >= 15 is 0 Å². The van der Waals surface area contributed by atoms with Gasteiger partial charge in [0, 0.05) is 21.6 Å². The molecule has 3 atom stereocenters. The Balaban J connectivity index is 1.72. The highest BCUT2D eigenvalue weighted by atomic mass is 35.5. The first-order valence-corrected chi connectivity index (χ1v) is 6.70. The molecule has 2 aliphatic heterocycles. The summed E-state index contributed by atoms with van der Waals surface area (Å²) in [5, 5.41) is 0.858. The van der Waals surface area contributed by atoms with Crippen LogP contribution in [0, 0.1) is 0 Å². The monoisotopic (exact) mass is 270 g/mol. The highest BCUT2D eigenvalue weighted by Gasteiger charge is 2.43. The number of benzene rings is 1. The summed E-state index contributed by atoms with van der Waals surface area (Å²) < 4.78 is 10.8. The molecule has 2 saturated heterocycles. The zero-order valence-corrected chi connectivity index (χ0v) is 10.5. The predicted octanol–water partition coefficient (Wildman–Crippen LogP) is 2.52. The van der Waals surface area contributed by atoms with Crippen molar-refractivity contribution in [1.29, 1.82) is 0 Å². The summed E-state index contributed by atoms with van der Waals surface area (Å²) in [4.78, 5) is 12.7. The van der Waals surface area contributed by atoms with Crippen molar-refractivity contribution in [1.82, 2.24) is 0 Å². The lowest BCUT2D eigenvalue weighted by Crippen LogP contribution is -2.37. The second kappa shape index (κ2) is 4.61. The van der Waals surface area contributed by atoms with Crippen LogP contribution >= 0.6 is 23.4 Å². The van der Waals surface area contributed by atoms with Crippen molar-refractivity contribution in [2.45, 2.75) is 29.0 Å². The Kier molecular flexibility index (Phi) is 3.13. The number of hydrogen-bond acceptors (Lipinski definition) is 4. The molecule has 0 unspecified atom stereocenters. The molecule has 5 heteroatoms. The SMILES string of the molecule is O=C1C[C@@H](Sc2ccc(Cl)cc2)[C@H]2CO[C@@H]1O2. The highest BCUT2D eigenvalue weighted by molar-refractivity contribution is 8.00. The van der Waals surface area contributed by atoms with Crippen LogP contribution in [0.1, 0.15) is 6.42 Å². The lowest BCUT2D eigenvalue weighted by Gasteiger charge is -2.25. The van der Waals surface area contributed by atoms with E-state index in [1.165, 1.54) is 0 Å². The van der Waals surface area contributed by atoms with Gasteiger partial charge >= 0.3 is 0 Å². The van der Waals surface area contributed by atoms with Crippen molar-refractivity contribution < 1.29 is 14.3 Å². The van der Waals surface area contributed by atoms with Gasteiger partial charge in [-0.25, -0.2) is 0 Å². The number of Topliss-reactive ketones (excluding diaryl/α,β-unsaturated/α-hetero) is 1.